The Kier molecular flexibility index (Phi) is 6.73. The normalized spacial score (nSPS) is 22.4. The van der Waals surface area contributed by atoms with Gasteiger partial charge in [0.25, 0.3) is 11.8 Å². The average Bonchev–Trinajstić information content (AvgIpc) is 3.42. The maximum atomic E-state index is 14.3. The molecule has 2 amide bonds. The number of amides is 2. The number of benzene rings is 2. The highest BCUT2D eigenvalue weighted by Crippen LogP contribution is 2.50. The molecule has 14 heteroatoms. The minimum Gasteiger partial charge on any atom is -0.338 e. The van der Waals surface area contributed by atoms with Crippen LogP contribution in [0.1, 0.15) is 33.5 Å². The van der Waals surface area contributed by atoms with Crippen molar-refractivity contribution < 1.29 is 40.8 Å². The number of nitrogens with one attached hydrogen (secondary N) is 2. The maximum absolute atomic E-state index is 14.3. The number of halogens is 8. The van der Waals surface area contributed by atoms with E-state index in [0.29, 0.717) is 6.07 Å². The predicted octanol–water partition coefficient (Wildman–Crippen LogP) is 4.87. The molecule has 2 heterocycles. The molecule has 0 bridgehead atoms. The summed E-state index contributed by atoms with van der Waals surface area (Å²) in [7, 11) is 0. The van der Waals surface area contributed by atoms with Gasteiger partial charge in [-0.3, -0.25) is 19.4 Å². The molecule has 0 aliphatic carbocycles. The number of aliphatic imine (C=N–C) groups is 1. The molecule has 2 aromatic rings. The van der Waals surface area contributed by atoms with Crippen LogP contribution >= 0.6 is 23.2 Å². The molecule has 6 nitrogen and oxygen atoms in total. The lowest BCUT2D eigenvalue weighted by molar-refractivity contribution is -0.184. The number of alkyl halides is 6. The van der Waals surface area contributed by atoms with Gasteiger partial charge in [0, 0.05) is 17.7 Å². The summed E-state index contributed by atoms with van der Waals surface area (Å²) in [4.78, 5) is 32.5. The molecule has 0 radical (unpaired) electrons. The zero-order valence-corrected chi connectivity index (χ0v) is 19.4. The minimum atomic E-state index is -5.02. The molecule has 2 N–H and O–H groups in total. The van der Waals surface area contributed by atoms with E-state index in [-0.39, 0.29) is 23.4 Å². The summed E-state index contributed by atoms with van der Waals surface area (Å²) in [5.41, 5.74) is -2.50. The number of hydrogen-bond donors (Lipinski definition) is 2. The fourth-order valence-corrected chi connectivity index (χ4v) is 4.38. The van der Waals surface area contributed by atoms with E-state index in [2.05, 4.69) is 15.8 Å². The lowest BCUT2D eigenvalue weighted by Gasteiger charge is -2.32. The SMILES string of the molecule is O=C(NC1CONC1=O)c1ccc(C2=NCC(c3cc(Cl)c(Cl)c(C(F)(F)F)c3)(C(F)(F)F)C2)cc1. The molecule has 2 aliphatic rings. The minimum absolute atomic E-state index is 0.0116. The Balaban J connectivity index is 1.61. The maximum Gasteiger partial charge on any atom is 0.417 e. The van der Waals surface area contributed by atoms with Crippen molar-refractivity contribution in [2.24, 2.45) is 4.99 Å². The van der Waals surface area contributed by atoms with E-state index in [4.69, 9.17) is 28.0 Å². The lowest BCUT2D eigenvalue weighted by atomic mass is 9.76. The molecule has 36 heavy (non-hydrogen) atoms. The van der Waals surface area contributed by atoms with Gasteiger partial charge in [0.05, 0.1) is 22.2 Å². The van der Waals surface area contributed by atoms with Crippen LogP contribution in [0, 0.1) is 0 Å². The first-order valence-corrected chi connectivity index (χ1v) is 11.0. The van der Waals surface area contributed by atoms with Gasteiger partial charge in [0.15, 0.2) is 0 Å². The Labute approximate surface area is 209 Å². The van der Waals surface area contributed by atoms with E-state index in [9.17, 15) is 35.9 Å². The van der Waals surface area contributed by atoms with E-state index in [1.165, 1.54) is 24.3 Å². The van der Waals surface area contributed by atoms with Crippen LogP contribution in [0.5, 0.6) is 0 Å². The number of nitrogens with zero attached hydrogens (tertiary/aromatic N) is 1. The molecule has 1 fully saturated rings. The molecule has 2 unspecified atom stereocenters. The van der Waals surface area contributed by atoms with Gasteiger partial charge in [0.1, 0.15) is 18.1 Å². The van der Waals surface area contributed by atoms with Gasteiger partial charge in [-0.05, 0) is 35.4 Å². The van der Waals surface area contributed by atoms with E-state index < -0.39 is 69.8 Å². The fourth-order valence-electron chi connectivity index (χ4n) is 3.95. The monoisotopic (exact) mass is 553 g/mol. The van der Waals surface area contributed by atoms with E-state index in [0.717, 1.165) is 6.07 Å². The van der Waals surface area contributed by atoms with Crippen molar-refractivity contribution in [2.75, 3.05) is 13.2 Å². The fraction of sp³-hybridized carbons (Fsp3) is 0.318. The second kappa shape index (κ2) is 9.24. The molecule has 1 saturated heterocycles. The van der Waals surface area contributed by atoms with Crippen LogP contribution in [0.15, 0.2) is 41.4 Å². The van der Waals surface area contributed by atoms with E-state index in [1.807, 2.05) is 0 Å². The second-order valence-corrected chi connectivity index (χ2v) is 9.00. The van der Waals surface area contributed by atoms with Gasteiger partial charge in [-0.1, -0.05) is 35.3 Å². The van der Waals surface area contributed by atoms with Crippen LogP contribution in [0.4, 0.5) is 26.3 Å². The van der Waals surface area contributed by atoms with Crippen LogP contribution in [-0.2, 0) is 21.2 Å². The second-order valence-electron chi connectivity index (χ2n) is 8.22. The molecule has 0 saturated carbocycles. The van der Waals surface area contributed by atoms with Crippen LogP contribution < -0.4 is 10.8 Å². The highest BCUT2D eigenvalue weighted by Gasteiger charge is 2.59. The number of hydrogen-bond acceptors (Lipinski definition) is 4. The quantitative estimate of drug-likeness (QED) is 0.530. The Morgan fingerprint density at radius 1 is 1.11 bits per heavy atom. The van der Waals surface area contributed by atoms with Gasteiger partial charge >= 0.3 is 12.4 Å². The lowest BCUT2D eigenvalue weighted by Crippen LogP contribution is -2.44. The smallest absolute Gasteiger partial charge is 0.338 e. The van der Waals surface area contributed by atoms with Crippen molar-refractivity contribution in [1.29, 1.82) is 0 Å². The molecular formula is C22H15Cl2F6N3O3. The van der Waals surface area contributed by atoms with Gasteiger partial charge in [0.2, 0.25) is 0 Å². The van der Waals surface area contributed by atoms with Crippen LogP contribution in [0.25, 0.3) is 0 Å². The summed E-state index contributed by atoms with van der Waals surface area (Å²) >= 11 is 11.4. The van der Waals surface area contributed by atoms with Gasteiger partial charge in [-0.2, -0.15) is 26.3 Å². The standard InChI is InChI=1S/C22H15Cl2F6N3O3/c23-14-6-12(5-13(17(14)24)21(25,26)27)20(22(28,29)30)7-15(31-9-20)10-1-3-11(4-2-10)18(34)32-16-8-36-33-19(16)35/h1-6,16H,7-9H2,(H,32,34)(H,33,35). The van der Waals surface area contributed by atoms with Crippen molar-refractivity contribution in [2.45, 2.75) is 30.2 Å². The van der Waals surface area contributed by atoms with Crippen molar-refractivity contribution >= 4 is 40.7 Å². The van der Waals surface area contributed by atoms with Gasteiger partial charge in [-0.25, -0.2) is 5.48 Å². The summed E-state index contributed by atoms with van der Waals surface area (Å²) in [5.74, 6) is -1.14. The highest BCUT2D eigenvalue weighted by molar-refractivity contribution is 6.42. The Hall–Kier alpha value is -2.83. The molecule has 0 spiro atoms. The highest BCUT2D eigenvalue weighted by atomic mass is 35.5. The number of carbonyl (C=O) groups excluding carboxylic acids is 2. The molecule has 0 aromatic heterocycles. The molecule has 2 aromatic carbocycles. The summed E-state index contributed by atoms with van der Waals surface area (Å²) in [6.07, 6.45) is -10.7. The van der Waals surface area contributed by atoms with E-state index >= 15 is 0 Å². The average molecular weight is 554 g/mol. The molecule has 4 rings (SSSR count). The third-order valence-corrected chi connectivity index (χ3v) is 6.76. The largest absolute Gasteiger partial charge is 0.417 e. The van der Waals surface area contributed by atoms with Crippen LogP contribution in [0.2, 0.25) is 10.0 Å². The number of carbonyl (C=O) groups is 2. The van der Waals surface area contributed by atoms with Crippen LogP contribution in [-0.4, -0.2) is 42.9 Å². The topological polar surface area (TPSA) is 79.8 Å². The van der Waals surface area contributed by atoms with Gasteiger partial charge < -0.3 is 5.32 Å². The predicted molar refractivity (Wildman–Crippen MR) is 117 cm³/mol. The third-order valence-electron chi connectivity index (χ3n) is 5.96. The van der Waals surface area contributed by atoms with E-state index in [1.54, 1.807) is 0 Å². The van der Waals surface area contributed by atoms with Crippen molar-refractivity contribution in [1.82, 2.24) is 10.8 Å². The molecular weight excluding hydrogens is 539 g/mol. The summed E-state index contributed by atoms with van der Waals surface area (Å²) < 4.78 is 83.1. The molecule has 2 aliphatic heterocycles. The number of hydroxylamine groups is 1. The summed E-state index contributed by atoms with van der Waals surface area (Å²) in [6, 6.07) is 5.63. The third kappa shape index (κ3) is 4.76. The Morgan fingerprint density at radius 3 is 2.33 bits per heavy atom. The number of rotatable bonds is 4. The zero-order chi connectivity index (χ0) is 26.5. The first-order chi connectivity index (χ1) is 16.7. The van der Waals surface area contributed by atoms with Crippen molar-refractivity contribution in [3.63, 3.8) is 0 Å². The molecule has 192 valence electrons. The molecule has 2 atom stereocenters. The van der Waals surface area contributed by atoms with Crippen molar-refractivity contribution in [3.8, 4) is 0 Å². The summed E-state index contributed by atoms with van der Waals surface area (Å²) in [5, 5.41) is 0.899. The zero-order valence-electron chi connectivity index (χ0n) is 17.9. The first-order valence-electron chi connectivity index (χ1n) is 10.2. The first kappa shape index (κ1) is 26.2. The Bertz CT molecular complexity index is 1250. The van der Waals surface area contributed by atoms with Crippen LogP contribution in [0.3, 0.4) is 0 Å². The van der Waals surface area contributed by atoms with Crippen molar-refractivity contribution in [3.05, 3.63) is 68.7 Å². The van der Waals surface area contributed by atoms with Gasteiger partial charge in [-0.15, -0.1) is 0 Å². The summed E-state index contributed by atoms with van der Waals surface area (Å²) in [6.45, 7) is -0.927. The Morgan fingerprint density at radius 2 is 1.78 bits per heavy atom.